The lowest BCUT2D eigenvalue weighted by atomic mass is 9.97. The van der Waals surface area contributed by atoms with Crippen LogP contribution in [0.5, 0.6) is 0 Å². The van der Waals surface area contributed by atoms with Crippen molar-refractivity contribution >= 4 is 29.1 Å². The van der Waals surface area contributed by atoms with Crippen molar-refractivity contribution in [2.45, 2.75) is 58.7 Å². The molecule has 0 aromatic heterocycles. The number of rotatable bonds is 10. The maximum Gasteiger partial charge on any atom is 0.416 e. The van der Waals surface area contributed by atoms with Crippen LogP contribution >= 0.6 is 0 Å². The Morgan fingerprint density at radius 2 is 1.52 bits per heavy atom. The monoisotopic (exact) mass is 414 g/mol. The van der Waals surface area contributed by atoms with Crippen LogP contribution in [0.3, 0.4) is 0 Å². The molecule has 0 spiro atoms. The van der Waals surface area contributed by atoms with E-state index in [1.807, 2.05) is 0 Å². The molecule has 29 heavy (non-hydrogen) atoms. The zero-order valence-electron chi connectivity index (χ0n) is 16.6. The summed E-state index contributed by atoms with van der Waals surface area (Å²) >= 11 is 0. The van der Waals surface area contributed by atoms with Gasteiger partial charge in [0.2, 0.25) is 11.8 Å². The molecule has 0 radical (unpaired) electrons. The smallest absolute Gasteiger partial charge is 0.346 e. The van der Waals surface area contributed by atoms with Gasteiger partial charge < -0.3 is 15.4 Å². The summed E-state index contributed by atoms with van der Waals surface area (Å²) in [5.74, 6) is -1.72. The van der Waals surface area contributed by atoms with Gasteiger partial charge in [0.05, 0.1) is 11.6 Å². The first kappa shape index (κ1) is 24.3. The highest BCUT2D eigenvalue weighted by Crippen LogP contribution is 2.29. The Morgan fingerprint density at radius 3 is 2.00 bits per heavy atom. The van der Waals surface area contributed by atoms with Crippen molar-refractivity contribution in [1.29, 1.82) is 0 Å². The van der Waals surface area contributed by atoms with Gasteiger partial charge in [-0.1, -0.05) is 13.8 Å². The van der Waals surface area contributed by atoms with Crippen LogP contribution in [0.2, 0.25) is 0 Å². The molecule has 0 saturated carbocycles. The molecule has 0 aliphatic carbocycles. The van der Waals surface area contributed by atoms with Gasteiger partial charge in [-0.05, 0) is 37.6 Å². The van der Waals surface area contributed by atoms with Gasteiger partial charge in [-0.2, -0.15) is 13.2 Å². The van der Waals surface area contributed by atoms with Crippen LogP contribution in [0.25, 0.3) is 0 Å². The lowest BCUT2D eigenvalue weighted by molar-refractivity contribution is -0.137. The molecule has 160 valence electrons. The number of hydrogen-bond acceptors (Lipinski definition) is 4. The number of halogens is 3. The number of nitrogens with one attached hydrogen (secondary N) is 2. The molecule has 0 bridgehead atoms. The molecule has 0 aliphatic rings. The van der Waals surface area contributed by atoms with Gasteiger partial charge in [0, 0.05) is 30.9 Å². The van der Waals surface area contributed by atoms with Crippen molar-refractivity contribution in [3.63, 3.8) is 0 Å². The number of hydrogen-bond donors (Lipinski definition) is 2. The van der Waals surface area contributed by atoms with Gasteiger partial charge in [-0.15, -0.1) is 0 Å². The normalized spacial score (nSPS) is 12.4. The summed E-state index contributed by atoms with van der Waals surface area (Å²) in [4.78, 5) is 47.3. The van der Waals surface area contributed by atoms with E-state index in [9.17, 15) is 32.3 Å². The van der Waals surface area contributed by atoms with Crippen LogP contribution in [-0.4, -0.2) is 29.4 Å². The maximum atomic E-state index is 12.6. The number of ketones is 2. The minimum absolute atomic E-state index is 0.0370. The summed E-state index contributed by atoms with van der Waals surface area (Å²) in [5.41, 5.74) is -0.633. The second-order valence-electron chi connectivity index (χ2n) is 7.04. The van der Waals surface area contributed by atoms with E-state index < -0.39 is 29.6 Å². The lowest BCUT2D eigenvalue weighted by Gasteiger charge is -2.19. The van der Waals surface area contributed by atoms with E-state index in [1.54, 1.807) is 13.8 Å². The van der Waals surface area contributed by atoms with Crippen molar-refractivity contribution in [2.24, 2.45) is 5.92 Å². The predicted octanol–water partition coefficient (Wildman–Crippen LogP) is 3.50. The Hall–Kier alpha value is -2.71. The topological polar surface area (TPSA) is 92.3 Å². The summed E-state index contributed by atoms with van der Waals surface area (Å²) in [6.45, 7) is 4.69. The minimum Gasteiger partial charge on any atom is -0.346 e. The molecular formula is C20H25F3N2O4. The largest absolute Gasteiger partial charge is 0.416 e. The third kappa shape index (κ3) is 8.89. The molecule has 1 aromatic carbocycles. The fourth-order valence-corrected chi connectivity index (χ4v) is 2.49. The Balaban J connectivity index is 2.65. The molecule has 1 rings (SSSR count). The van der Waals surface area contributed by atoms with Gasteiger partial charge in [0.15, 0.2) is 5.78 Å². The molecule has 0 fully saturated rings. The maximum absolute atomic E-state index is 12.6. The summed E-state index contributed by atoms with van der Waals surface area (Å²) < 4.78 is 37.7. The van der Waals surface area contributed by atoms with Crippen LogP contribution in [0.4, 0.5) is 18.9 Å². The number of benzene rings is 1. The highest BCUT2D eigenvalue weighted by molar-refractivity contribution is 5.93. The molecule has 2 N–H and O–H groups in total. The number of carbonyl (C=O) groups excluding carboxylic acids is 4. The predicted molar refractivity (Wildman–Crippen MR) is 101 cm³/mol. The highest BCUT2D eigenvalue weighted by Gasteiger charge is 2.30. The third-order valence-electron chi connectivity index (χ3n) is 4.11. The summed E-state index contributed by atoms with van der Waals surface area (Å²) in [6.07, 6.45) is -4.53. The van der Waals surface area contributed by atoms with Crippen molar-refractivity contribution in [1.82, 2.24) is 5.32 Å². The van der Waals surface area contributed by atoms with Crippen LogP contribution in [-0.2, 0) is 25.4 Å². The second kappa shape index (κ2) is 10.7. The van der Waals surface area contributed by atoms with Crippen molar-refractivity contribution in [2.75, 3.05) is 5.32 Å². The number of amides is 2. The first-order chi connectivity index (χ1) is 13.4. The summed E-state index contributed by atoms with van der Waals surface area (Å²) in [5, 5.41) is 5.01. The molecule has 1 unspecified atom stereocenters. The van der Waals surface area contributed by atoms with E-state index in [1.165, 1.54) is 6.92 Å². The molecule has 6 nitrogen and oxygen atoms in total. The first-order valence-corrected chi connectivity index (χ1v) is 9.19. The molecule has 0 aliphatic heterocycles. The van der Waals surface area contributed by atoms with E-state index in [0.717, 1.165) is 24.3 Å². The number of alkyl halides is 3. The van der Waals surface area contributed by atoms with E-state index in [-0.39, 0.29) is 48.9 Å². The Labute approximate surface area is 167 Å². The Kier molecular flexibility index (Phi) is 9.00. The molecular weight excluding hydrogens is 389 g/mol. The van der Waals surface area contributed by atoms with Gasteiger partial charge in [0.25, 0.3) is 0 Å². The fraction of sp³-hybridized carbons (Fsp3) is 0.500. The van der Waals surface area contributed by atoms with Gasteiger partial charge in [-0.25, -0.2) is 0 Å². The molecule has 1 atom stereocenters. The lowest BCUT2D eigenvalue weighted by Crippen LogP contribution is -2.43. The Morgan fingerprint density at radius 1 is 0.931 bits per heavy atom. The van der Waals surface area contributed by atoms with E-state index in [2.05, 4.69) is 10.6 Å². The Bertz CT molecular complexity index is 743. The zero-order valence-corrected chi connectivity index (χ0v) is 16.6. The molecule has 1 aromatic rings. The first-order valence-electron chi connectivity index (χ1n) is 9.19. The standard InChI is InChI=1S/C20H25F3N2O4/c1-12(2)19(29)16(25-18(28)10-4-13(3)26)9-11-17(27)24-15-7-5-14(6-8-15)20(21,22)23/h5-8,12,16H,4,9-11H2,1-3H3,(H,24,27)(H,25,28). The zero-order chi connectivity index (χ0) is 22.2. The highest BCUT2D eigenvalue weighted by atomic mass is 19.4. The molecule has 0 saturated heterocycles. The van der Waals surface area contributed by atoms with E-state index >= 15 is 0 Å². The second-order valence-corrected chi connectivity index (χ2v) is 7.04. The van der Waals surface area contributed by atoms with Crippen molar-refractivity contribution < 1.29 is 32.3 Å². The summed E-state index contributed by atoms with van der Waals surface area (Å²) in [6, 6.07) is 3.11. The minimum atomic E-state index is -4.46. The van der Waals surface area contributed by atoms with Crippen LogP contribution in [0.1, 0.15) is 52.0 Å². The van der Waals surface area contributed by atoms with E-state index in [0.29, 0.717) is 0 Å². The third-order valence-corrected chi connectivity index (χ3v) is 4.11. The quantitative estimate of drug-likeness (QED) is 0.613. The SMILES string of the molecule is CC(=O)CCC(=O)NC(CCC(=O)Nc1ccc(C(F)(F)F)cc1)C(=O)C(C)C. The fourth-order valence-electron chi connectivity index (χ4n) is 2.49. The average molecular weight is 414 g/mol. The molecule has 9 heteroatoms. The summed E-state index contributed by atoms with van der Waals surface area (Å²) in [7, 11) is 0. The molecule has 2 amide bonds. The van der Waals surface area contributed by atoms with Gasteiger partial charge >= 0.3 is 6.18 Å². The van der Waals surface area contributed by atoms with Crippen molar-refractivity contribution in [3.8, 4) is 0 Å². The van der Waals surface area contributed by atoms with E-state index in [4.69, 9.17) is 0 Å². The average Bonchev–Trinajstić information content (AvgIpc) is 2.62. The van der Waals surface area contributed by atoms with Gasteiger partial charge in [-0.3, -0.25) is 14.4 Å². The number of Topliss-reactive ketones (excluding diaryl/α,β-unsaturated/α-hetero) is 2. The van der Waals surface area contributed by atoms with Crippen LogP contribution < -0.4 is 10.6 Å². The van der Waals surface area contributed by atoms with Crippen LogP contribution in [0.15, 0.2) is 24.3 Å². The number of carbonyl (C=O) groups is 4. The molecule has 0 heterocycles. The van der Waals surface area contributed by atoms with Crippen molar-refractivity contribution in [3.05, 3.63) is 29.8 Å². The van der Waals surface area contributed by atoms with Gasteiger partial charge in [0.1, 0.15) is 5.78 Å². The van der Waals surface area contributed by atoms with Crippen LogP contribution in [0, 0.1) is 5.92 Å². The number of anilines is 1.